The lowest BCUT2D eigenvalue weighted by atomic mass is 9.86. The maximum atomic E-state index is 7.09. The van der Waals surface area contributed by atoms with E-state index in [1.54, 1.807) is 0 Å². The highest BCUT2D eigenvalue weighted by molar-refractivity contribution is 6.80. The fourth-order valence-electron chi connectivity index (χ4n) is 9.11. The summed E-state index contributed by atoms with van der Waals surface area (Å²) < 4.78 is 26.9. The average Bonchev–Trinajstić information content (AvgIpc) is 3.36. The second-order valence-corrected chi connectivity index (χ2v) is 25.6. The van der Waals surface area contributed by atoms with Crippen LogP contribution in [0, 0.1) is 10.8 Å². The molecule has 380 valence electrons. The van der Waals surface area contributed by atoms with Crippen LogP contribution in [-0.4, -0.2) is 50.0 Å². The molecule has 2 atom stereocenters. The first kappa shape index (κ1) is 56.9. The summed E-state index contributed by atoms with van der Waals surface area (Å²) >= 11 is 0. The van der Waals surface area contributed by atoms with Gasteiger partial charge in [-0.25, -0.2) is 0 Å². The van der Waals surface area contributed by atoms with E-state index in [0.717, 1.165) is 63.5 Å². The monoisotopic (exact) mass is 982 g/mol. The topological polar surface area (TPSA) is 49.0 Å². The molecule has 0 saturated heterocycles. The van der Waals surface area contributed by atoms with Gasteiger partial charge in [-0.1, -0.05) is 266 Å². The van der Waals surface area contributed by atoms with E-state index in [9.17, 15) is 0 Å². The molecule has 2 radical (unpaired) electrons. The van der Waals surface area contributed by atoms with Gasteiger partial charge in [0.15, 0.2) is 0 Å². The van der Waals surface area contributed by atoms with Crippen LogP contribution in [-0.2, 0) is 15.4 Å². The van der Waals surface area contributed by atoms with Gasteiger partial charge in [-0.15, -0.1) is 0 Å². The molecule has 70 heavy (non-hydrogen) atoms. The van der Waals surface area contributed by atoms with E-state index in [1.165, 1.54) is 116 Å². The van der Waals surface area contributed by atoms with E-state index in [1.807, 2.05) is 0 Å². The van der Waals surface area contributed by atoms with Gasteiger partial charge in [0.25, 0.3) is 18.1 Å². The fourth-order valence-corrected chi connectivity index (χ4v) is 13.8. The molecule has 0 aromatic heterocycles. The third kappa shape index (κ3) is 21.4. The Morgan fingerprint density at radius 2 is 0.757 bits per heavy atom. The fraction of sp³-hybridized carbons (Fsp3) is 0.524. The van der Waals surface area contributed by atoms with Crippen molar-refractivity contribution in [3.8, 4) is 11.5 Å². The third-order valence-electron chi connectivity index (χ3n) is 13.4. The Hall–Kier alpha value is -3.99. The summed E-state index contributed by atoms with van der Waals surface area (Å²) in [4.78, 5) is 0. The zero-order valence-electron chi connectivity index (χ0n) is 44.6. The third-order valence-corrected chi connectivity index (χ3v) is 17.9. The van der Waals surface area contributed by atoms with Crippen molar-refractivity contribution in [2.75, 3.05) is 19.8 Å². The summed E-state index contributed by atoms with van der Waals surface area (Å²) in [5.41, 5.74) is 1.40. The van der Waals surface area contributed by atoms with Crippen LogP contribution in [0.3, 0.4) is 0 Å². The highest BCUT2D eigenvalue weighted by atomic mass is 28.3. The van der Waals surface area contributed by atoms with E-state index in [2.05, 4.69) is 193 Å². The Morgan fingerprint density at radius 1 is 0.414 bits per heavy atom. The SMILES string of the molecule is CCNCc1ccc(OCCCCCCCCCCC(O[Si](c2ccccc2)c2ccccc2)C(C)(C)C)cc1OCCCCCCCCCCC(O[Si](c1ccccc1)c1ccccc1)C(C)(C)C. The molecule has 0 aliphatic rings. The van der Waals surface area contributed by atoms with Crippen LogP contribution in [0.2, 0.25) is 0 Å². The van der Waals surface area contributed by atoms with Crippen molar-refractivity contribution in [1.82, 2.24) is 5.32 Å². The molecule has 0 bridgehead atoms. The molecule has 0 spiro atoms. The summed E-state index contributed by atoms with van der Waals surface area (Å²) in [6, 6.07) is 49.9. The van der Waals surface area contributed by atoms with Crippen molar-refractivity contribution >= 4 is 38.8 Å². The van der Waals surface area contributed by atoms with Gasteiger partial charge >= 0.3 is 0 Å². The maximum Gasteiger partial charge on any atom is 0.283 e. The van der Waals surface area contributed by atoms with Crippen molar-refractivity contribution in [3.63, 3.8) is 0 Å². The van der Waals surface area contributed by atoms with E-state index in [0.29, 0.717) is 0 Å². The Bertz CT molecular complexity index is 1990. The number of hydrogen-bond acceptors (Lipinski definition) is 5. The molecule has 5 nitrogen and oxygen atoms in total. The normalized spacial score (nSPS) is 12.9. The Morgan fingerprint density at radius 3 is 1.11 bits per heavy atom. The van der Waals surface area contributed by atoms with Gasteiger partial charge in [0.05, 0.1) is 25.4 Å². The molecular weight excluding hydrogens is 891 g/mol. The molecule has 7 heteroatoms. The summed E-state index contributed by atoms with van der Waals surface area (Å²) in [7, 11) is -2.63. The number of rotatable bonds is 35. The van der Waals surface area contributed by atoms with Gasteiger partial charge in [0.1, 0.15) is 11.5 Å². The Kier molecular flexibility index (Phi) is 26.2. The molecule has 0 fully saturated rings. The van der Waals surface area contributed by atoms with Crippen molar-refractivity contribution in [2.45, 2.75) is 183 Å². The molecule has 2 unspecified atom stereocenters. The number of nitrogens with one attached hydrogen (secondary N) is 1. The quantitative estimate of drug-likeness (QED) is 0.0324. The van der Waals surface area contributed by atoms with E-state index >= 15 is 0 Å². The first-order valence-corrected chi connectivity index (χ1v) is 30.2. The van der Waals surface area contributed by atoms with Crippen LogP contribution >= 0.6 is 0 Å². The van der Waals surface area contributed by atoms with Crippen molar-refractivity contribution in [1.29, 1.82) is 0 Å². The van der Waals surface area contributed by atoms with Crippen LogP contribution in [0.15, 0.2) is 140 Å². The molecule has 1 N–H and O–H groups in total. The number of benzene rings is 5. The lowest BCUT2D eigenvalue weighted by Crippen LogP contribution is -2.49. The lowest BCUT2D eigenvalue weighted by molar-refractivity contribution is 0.0788. The Labute approximate surface area is 430 Å². The van der Waals surface area contributed by atoms with Crippen LogP contribution in [0.5, 0.6) is 11.5 Å². The molecule has 5 aromatic rings. The average molecular weight is 983 g/mol. The van der Waals surface area contributed by atoms with Gasteiger partial charge in [0.2, 0.25) is 0 Å². The summed E-state index contributed by atoms with van der Waals surface area (Å²) in [6.07, 6.45) is 22.6. The van der Waals surface area contributed by atoms with E-state index in [4.69, 9.17) is 18.3 Å². The number of unbranched alkanes of at least 4 members (excludes halogenated alkanes) is 14. The highest BCUT2D eigenvalue weighted by Crippen LogP contribution is 2.30. The van der Waals surface area contributed by atoms with Crippen LogP contribution in [0.4, 0.5) is 0 Å². The van der Waals surface area contributed by atoms with Crippen LogP contribution in [0.1, 0.15) is 170 Å². The first-order chi connectivity index (χ1) is 34.0. The smallest absolute Gasteiger partial charge is 0.283 e. The molecule has 0 heterocycles. The zero-order chi connectivity index (χ0) is 49.7. The molecule has 5 aromatic carbocycles. The maximum absolute atomic E-state index is 7.09. The molecule has 5 rings (SSSR count). The molecule has 0 aliphatic carbocycles. The van der Waals surface area contributed by atoms with Crippen molar-refractivity contribution in [2.24, 2.45) is 10.8 Å². The van der Waals surface area contributed by atoms with E-state index in [-0.39, 0.29) is 23.0 Å². The minimum absolute atomic E-state index is 0.0952. The van der Waals surface area contributed by atoms with Crippen molar-refractivity contribution in [3.05, 3.63) is 145 Å². The van der Waals surface area contributed by atoms with Crippen LogP contribution < -0.4 is 35.5 Å². The second kappa shape index (κ2) is 32.2. The lowest BCUT2D eigenvalue weighted by Gasteiger charge is -2.34. The number of ether oxygens (including phenoxy) is 2. The van der Waals surface area contributed by atoms with Gasteiger partial charge in [-0.2, -0.15) is 0 Å². The summed E-state index contributed by atoms with van der Waals surface area (Å²) in [6.45, 7) is 19.4. The van der Waals surface area contributed by atoms with E-state index < -0.39 is 18.1 Å². The van der Waals surface area contributed by atoms with Crippen molar-refractivity contribution < 1.29 is 18.3 Å². The molecule has 0 aliphatic heterocycles. The summed E-state index contributed by atoms with van der Waals surface area (Å²) in [5, 5.41) is 8.78. The zero-order valence-corrected chi connectivity index (χ0v) is 46.6. The highest BCUT2D eigenvalue weighted by Gasteiger charge is 2.32. The standard InChI is InChI=1S/C63H91NO4Si2/c1-8-64-52-53-47-48-54(65-49-35-19-15-11-9-13-17-33-45-60(62(2,3)4)67-69(55-37-25-21-26-38-55)56-39-27-22-28-40-56)51-59(53)66-50-36-20-16-12-10-14-18-34-46-61(63(5,6)7)68-70(57-41-29-23-30-42-57)58-43-31-24-32-44-58/h21-32,37-44,47-48,51,60-61,64H,8-20,33-36,45-46,49-50,52H2,1-7H3. The molecule has 0 saturated carbocycles. The minimum atomic E-state index is -1.32. The predicted molar refractivity (Wildman–Crippen MR) is 302 cm³/mol. The minimum Gasteiger partial charge on any atom is -0.493 e. The van der Waals surface area contributed by atoms with Gasteiger partial charge in [-0.05, 0) is 69.9 Å². The first-order valence-electron chi connectivity index (χ1n) is 27.4. The number of hydrogen-bond donors (Lipinski definition) is 1. The van der Waals surface area contributed by atoms with Gasteiger partial charge in [0, 0.05) is 18.2 Å². The van der Waals surface area contributed by atoms with Crippen LogP contribution in [0.25, 0.3) is 0 Å². The predicted octanol–water partition coefficient (Wildman–Crippen LogP) is 14.0. The molecular formula is C63H91NO4Si2. The summed E-state index contributed by atoms with van der Waals surface area (Å²) in [5.74, 6) is 1.88. The Balaban J connectivity index is 0.914. The second-order valence-electron chi connectivity index (χ2n) is 21.5. The molecule has 0 amide bonds. The van der Waals surface area contributed by atoms with Gasteiger partial charge < -0.3 is 23.6 Å². The van der Waals surface area contributed by atoms with Gasteiger partial charge in [-0.3, -0.25) is 0 Å². The largest absolute Gasteiger partial charge is 0.493 e.